The Morgan fingerprint density at radius 3 is 0.621 bits per heavy atom. The molecule has 4 nitrogen and oxygen atoms in total. The fraction of sp³-hybridized carbons (Fsp3) is 0.963. The van der Waals surface area contributed by atoms with E-state index in [1.165, 1.54) is 263 Å². The molecule has 0 spiro atoms. The highest BCUT2D eigenvalue weighted by molar-refractivity contribution is 5.69. The van der Waals surface area contributed by atoms with Crippen molar-refractivity contribution in [2.24, 2.45) is 5.92 Å². The average Bonchev–Trinajstić information content (AvgIpc) is 3.21. The van der Waals surface area contributed by atoms with Gasteiger partial charge in [-0.2, -0.15) is 0 Å². The van der Waals surface area contributed by atoms with E-state index in [4.69, 9.17) is 5.11 Å². The van der Waals surface area contributed by atoms with Crippen molar-refractivity contribution in [3.63, 3.8) is 0 Å². The molecule has 0 bridgehead atoms. The normalized spacial score (nSPS) is 11.8. The van der Waals surface area contributed by atoms with Gasteiger partial charge in [-0.15, -0.1) is 0 Å². The van der Waals surface area contributed by atoms with Gasteiger partial charge in [0.1, 0.15) is 0 Å². The summed E-state index contributed by atoms with van der Waals surface area (Å²) in [5, 5.41) is 18.2. The zero-order valence-electron chi connectivity index (χ0n) is 40.2. The summed E-state index contributed by atoms with van der Waals surface area (Å²) >= 11 is 0. The zero-order valence-corrected chi connectivity index (χ0v) is 40.2. The van der Waals surface area contributed by atoms with Gasteiger partial charge in [-0.25, -0.2) is 0 Å². The third-order valence-corrected chi connectivity index (χ3v) is 12.7. The molecule has 0 saturated carbocycles. The van der Waals surface area contributed by atoms with Crippen LogP contribution in [0.1, 0.15) is 329 Å². The number of hydrogen-bond acceptors (Lipinski definition) is 2. The molecule has 0 aromatic rings. The summed E-state index contributed by atoms with van der Waals surface area (Å²) in [5.74, 6) is -1.37. The molecule has 348 valence electrons. The second-order valence-corrected chi connectivity index (χ2v) is 18.6. The van der Waals surface area contributed by atoms with E-state index in [1.807, 2.05) is 0 Å². The molecule has 1 unspecified atom stereocenters. The van der Waals surface area contributed by atoms with Gasteiger partial charge in [0.2, 0.25) is 0 Å². The molecule has 0 saturated heterocycles. The predicted molar refractivity (Wildman–Crippen MR) is 257 cm³/mol. The van der Waals surface area contributed by atoms with Gasteiger partial charge in [-0.3, -0.25) is 9.59 Å². The molecule has 0 aliphatic carbocycles. The molecule has 0 aromatic heterocycles. The maximum atomic E-state index is 11.7. The van der Waals surface area contributed by atoms with Gasteiger partial charge in [0.25, 0.3) is 0 Å². The minimum absolute atomic E-state index is 0.123. The van der Waals surface area contributed by atoms with Crippen LogP contribution in [0.3, 0.4) is 0 Å². The molecular weight excluding hydrogens is 713 g/mol. The molecule has 0 amide bonds. The van der Waals surface area contributed by atoms with Crippen LogP contribution in [0.5, 0.6) is 0 Å². The van der Waals surface area contributed by atoms with Gasteiger partial charge < -0.3 is 10.2 Å². The summed E-state index contributed by atoms with van der Waals surface area (Å²) < 4.78 is 0. The van der Waals surface area contributed by atoms with Crippen molar-refractivity contribution in [1.29, 1.82) is 0 Å². The van der Waals surface area contributed by atoms with E-state index >= 15 is 0 Å². The van der Waals surface area contributed by atoms with Crippen molar-refractivity contribution in [3.8, 4) is 0 Å². The van der Waals surface area contributed by atoms with E-state index in [-0.39, 0.29) is 5.92 Å². The first kappa shape index (κ1) is 59.0. The van der Waals surface area contributed by atoms with Gasteiger partial charge in [0.05, 0.1) is 5.92 Å². The Bertz CT molecular complexity index is 750. The van der Waals surface area contributed by atoms with Gasteiger partial charge in [0, 0.05) is 6.42 Å². The Morgan fingerprint density at radius 2 is 0.448 bits per heavy atom. The van der Waals surface area contributed by atoms with Crippen LogP contribution < -0.4 is 0 Å². The Morgan fingerprint density at radius 1 is 0.276 bits per heavy atom. The molecule has 4 heteroatoms. The van der Waals surface area contributed by atoms with Crippen LogP contribution in [0, 0.1) is 5.92 Å². The highest BCUT2D eigenvalue weighted by Crippen LogP contribution is 2.21. The summed E-state index contributed by atoms with van der Waals surface area (Å²) in [6.45, 7) is 6.87. The number of carboxylic acids is 2. The van der Waals surface area contributed by atoms with Crippen LogP contribution >= 0.6 is 0 Å². The second-order valence-electron chi connectivity index (χ2n) is 18.6. The molecule has 1 atom stereocenters. The van der Waals surface area contributed by atoms with Crippen LogP contribution in [0.25, 0.3) is 0 Å². The maximum absolute atomic E-state index is 11.7. The fourth-order valence-electron chi connectivity index (χ4n) is 8.56. The van der Waals surface area contributed by atoms with Gasteiger partial charge in [-0.05, 0) is 19.3 Å². The highest BCUT2D eigenvalue weighted by Gasteiger charge is 2.16. The summed E-state index contributed by atoms with van der Waals surface area (Å²) in [6, 6.07) is 0. The average molecular weight is 821 g/mol. The van der Waals surface area contributed by atoms with E-state index in [1.54, 1.807) is 0 Å². The van der Waals surface area contributed by atoms with E-state index in [2.05, 4.69) is 20.8 Å². The van der Waals surface area contributed by atoms with Crippen LogP contribution in [0.4, 0.5) is 0 Å². The van der Waals surface area contributed by atoms with E-state index in [0.717, 1.165) is 38.5 Å². The first-order valence-corrected chi connectivity index (χ1v) is 26.9. The molecule has 0 aliphatic heterocycles. The minimum Gasteiger partial charge on any atom is -0.481 e. The fourth-order valence-corrected chi connectivity index (χ4v) is 8.56. The zero-order chi connectivity index (χ0) is 42.7. The third kappa shape index (κ3) is 54.9. The van der Waals surface area contributed by atoms with Crippen LogP contribution in [0.2, 0.25) is 0 Å². The maximum Gasteiger partial charge on any atom is 0.306 e. The van der Waals surface area contributed by atoms with Gasteiger partial charge >= 0.3 is 11.9 Å². The quantitative estimate of drug-likeness (QED) is 0.0600. The number of aliphatic carboxylic acids is 2. The van der Waals surface area contributed by atoms with Crippen molar-refractivity contribution >= 4 is 11.9 Å². The molecule has 0 heterocycles. The topological polar surface area (TPSA) is 74.6 Å². The smallest absolute Gasteiger partial charge is 0.306 e. The molecule has 58 heavy (non-hydrogen) atoms. The molecule has 0 radical (unpaired) electrons. The second kappa shape index (κ2) is 54.0. The molecule has 0 aliphatic rings. The summed E-state index contributed by atoms with van der Waals surface area (Å²) in [6.07, 6.45) is 62.8. The van der Waals surface area contributed by atoms with Crippen molar-refractivity contribution in [2.45, 2.75) is 329 Å². The SMILES string of the molecule is CCCCCCCCCCCCCCCCC(CCCCCCCCCCCCCCCCCC(=O)O)C(=O)O.CCCCCCCCCCCCCCCCCC. The Kier molecular flexibility index (Phi) is 54.9. The lowest BCUT2D eigenvalue weighted by molar-refractivity contribution is -0.142. The molecule has 0 rings (SSSR count). The Balaban J connectivity index is 0. The number of hydrogen-bond donors (Lipinski definition) is 2. The summed E-state index contributed by atoms with van der Waals surface area (Å²) in [4.78, 5) is 22.1. The number of carboxylic acid groups (broad SMARTS) is 2. The van der Waals surface area contributed by atoms with Crippen LogP contribution in [-0.4, -0.2) is 22.2 Å². The Labute approximate surface area is 365 Å². The number of unbranched alkanes of at least 4 members (excludes halogenated alkanes) is 42. The van der Waals surface area contributed by atoms with Crippen molar-refractivity contribution in [1.82, 2.24) is 0 Å². The number of carbonyl (C=O) groups is 2. The Hall–Kier alpha value is -1.06. The van der Waals surface area contributed by atoms with Crippen LogP contribution in [0.15, 0.2) is 0 Å². The monoisotopic (exact) mass is 821 g/mol. The number of rotatable bonds is 49. The van der Waals surface area contributed by atoms with Crippen molar-refractivity contribution in [2.75, 3.05) is 0 Å². The molecule has 0 aromatic carbocycles. The highest BCUT2D eigenvalue weighted by atomic mass is 16.4. The third-order valence-electron chi connectivity index (χ3n) is 12.7. The van der Waals surface area contributed by atoms with Crippen LogP contribution in [-0.2, 0) is 9.59 Å². The van der Waals surface area contributed by atoms with E-state index in [0.29, 0.717) is 6.42 Å². The van der Waals surface area contributed by atoms with Gasteiger partial charge in [0.15, 0.2) is 0 Å². The van der Waals surface area contributed by atoms with Crippen molar-refractivity contribution < 1.29 is 19.8 Å². The van der Waals surface area contributed by atoms with E-state index < -0.39 is 11.9 Å². The first-order chi connectivity index (χ1) is 28.5. The minimum atomic E-state index is -0.669. The van der Waals surface area contributed by atoms with E-state index in [9.17, 15) is 14.7 Å². The lowest BCUT2D eigenvalue weighted by Gasteiger charge is -2.12. The lowest BCUT2D eigenvalue weighted by Crippen LogP contribution is -2.13. The predicted octanol–water partition coefficient (Wildman–Crippen LogP) is 19.5. The standard InChI is InChI=1S/C36H70O4.C18H38/c1-2-3-4-5-6-7-8-9-13-16-19-22-25-28-31-34(36(39)40)32-29-26-23-20-17-14-11-10-12-15-18-21-24-27-30-33-35(37)38;1-3-5-7-9-11-13-15-17-18-16-14-12-10-8-6-4-2/h34H,2-33H2,1H3,(H,37,38)(H,39,40);3-18H2,1-2H3. The molecule has 2 N–H and O–H groups in total. The largest absolute Gasteiger partial charge is 0.481 e. The summed E-state index contributed by atoms with van der Waals surface area (Å²) in [5.41, 5.74) is 0. The lowest BCUT2D eigenvalue weighted by atomic mass is 9.94. The first-order valence-electron chi connectivity index (χ1n) is 26.9. The summed E-state index contributed by atoms with van der Waals surface area (Å²) in [7, 11) is 0. The van der Waals surface area contributed by atoms with Crippen molar-refractivity contribution in [3.05, 3.63) is 0 Å². The molecular formula is C54H108O4. The van der Waals surface area contributed by atoms with Gasteiger partial charge in [-0.1, -0.05) is 303 Å². The molecule has 0 fully saturated rings.